The van der Waals surface area contributed by atoms with Gasteiger partial charge < -0.3 is 4.74 Å². The number of alkyl halides is 3. The van der Waals surface area contributed by atoms with Crippen LogP contribution in [-0.2, 0) is 12.8 Å². The van der Waals surface area contributed by atoms with Gasteiger partial charge in [-0.15, -0.1) is 0 Å². The average molecular weight is 502 g/mol. The molecule has 166 valence electrons. The van der Waals surface area contributed by atoms with Crippen molar-refractivity contribution in [1.82, 2.24) is 5.43 Å². The zero-order valence-electron chi connectivity index (χ0n) is 16.1. The molecule has 1 amide bonds. The number of hydrazone groups is 1. The predicted octanol–water partition coefficient (Wildman–Crippen LogP) is 7.01. The smallest absolute Gasteiger partial charge is 0.416 e. The molecule has 0 saturated carbocycles. The summed E-state index contributed by atoms with van der Waals surface area (Å²) in [5, 5.41) is 4.79. The van der Waals surface area contributed by atoms with Gasteiger partial charge in [-0.25, -0.2) is 5.43 Å². The van der Waals surface area contributed by atoms with Crippen LogP contribution >= 0.6 is 34.8 Å². The van der Waals surface area contributed by atoms with E-state index in [0.29, 0.717) is 10.6 Å². The van der Waals surface area contributed by atoms with Gasteiger partial charge in [-0.2, -0.15) is 18.3 Å². The summed E-state index contributed by atoms with van der Waals surface area (Å²) in [5.41, 5.74) is 2.37. The van der Waals surface area contributed by atoms with Gasteiger partial charge in [-0.05, 0) is 53.6 Å². The number of halogens is 6. The molecule has 0 aliphatic heterocycles. The van der Waals surface area contributed by atoms with E-state index >= 15 is 0 Å². The molecule has 0 fully saturated rings. The lowest BCUT2D eigenvalue weighted by Crippen LogP contribution is -2.18. The van der Waals surface area contributed by atoms with E-state index < -0.39 is 17.6 Å². The first-order valence-electron chi connectivity index (χ1n) is 9.00. The highest BCUT2D eigenvalue weighted by Gasteiger charge is 2.30. The van der Waals surface area contributed by atoms with E-state index in [1.54, 1.807) is 24.3 Å². The molecule has 0 unspecified atom stereocenters. The molecule has 0 heterocycles. The average Bonchev–Trinajstić information content (AvgIpc) is 2.74. The van der Waals surface area contributed by atoms with Crippen molar-refractivity contribution in [2.24, 2.45) is 5.10 Å². The van der Waals surface area contributed by atoms with Crippen LogP contribution in [0.3, 0.4) is 0 Å². The summed E-state index contributed by atoms with van der Waals surface area (Å²) >= 11 is 18.3. The summed E-state index contributed by atoms with van der Waals surface area (Å²) in [6, 6.07) is 14.1. The molecule has 3 aromatic carbocycles. The second-order valence-corrected chi connectivity index (χ2v) is 7.76. The van der Waals surface area contributed by atoms with Crippen molar-refractivity contribution < 1.29 is 22.7 Å². The Morgan fingerprint density at radius 1 is 1.00 bits per heavy atom. The van der Waals surface area contributed by atoms with Gasteiger partial charge in [0.25, 0.3) is 5.91 Å². The summed E-state index contributed by atoms with van der Waals surface area (Å²) in [6.07, 6.45) is -3.29. The third-order valence-corrected chi connectivity index (χ3v) is 4.96. The summed E-state index contributed by atoms with van der Waals surface area (Å²) in [4.78, 5) is 12.1. The number of carbonyl (C=O) groups is 1. The highest BCUT2D eigenvalue weighted by molar-refractivity contribution is 6.37. The second-order valence-electron chi connectivity index (χ2n) is 6.51. The van der Waals surface area contributed by atoms with Crippen LogP contribution in [0.5, 0.6) is 5.75 Å². The van der Waals surface area contributed by atoms with E-state index in [2.05, 4.69) is 10.5 Å². The van der Waals surface area contributed by atoms with Gasteiger partial charge in [0.1, 0.15) is 6.61 Å². The molecule has 0 radical (unpaired) electrons. The molecular formula is C22H14Cl3F3N2O2. The van der Waals surface area contributed by atoms with E-state index in [4.69, 9.17) is 39.5 Å². The van der Waals surface area contributed by atoms with Crippen LogP contribution in [0.25, 0.3) is 0 Å². The molecule has 0 aliphatic carbocycles. The van der Waals surface area contributed by atoms with Crippen LogP contribution in [0.2, 0.25) is 15.1 Å². The Hall–Kier alpha value is -2.74. The molecule has 3 aromatic rings. The Balaban J connectivity index is 1.65. The van der Waals surface area contributed by atoms with Crippen molar-refractivity contribution in [3.63, 3.8) is 0 Å². The maximum Gasteiger partial charge on any atom is 0.416 e. The SMILES string of the molecule is O=C(N/N=C\c1cc(Cl)c(OCc2ccc(Cl)cc2)c(Cl)c1)c1cccc(C(F)(F)F)c1. The number of carbonyl (C=O) groups excluding carboxylic acids is 1. The lowest BCUT2D eigenvalue weighted by atomic mass is 10.1. The highest BCUT2D eigenvalue weighted by atomic mass is 35.5. The largest absolute Gasteiger partial charge is 0.486 e. The third-order valence-electron chi connectivity index (χ3n) is 4.15. The minimum absolute atomic E-state index is 0.181. The zero-order valence-corrected chi connectivity index (χ0v) is 18.4. The Labute approximate surface area is 196 Å². The number of nitrogens with zero attached hydrogens (tertiary/aromatic N) is 1. The fourth-order valence-corrected chi connectivity index (χ4v) is 3.33. The van der Waals surface area contributed by atoms with Gasteiger partial charge >= 0.3 is 6.18 Å². The first-order chi connectivity index (χ1) is 15.1. The fourth-order valence-electron chi connectivity index (χ4n) is 2.59. The molecule has 32 heavy (non-hydrogen) atoms. The van der Waals surface area contributed by atoms with Gasteiger partial charge in [0.2, 0.25) is 0 Å². The van der Waals surface area contributed by atoms with Crippen molar-refractivity contribution in [2.75, 3.05) is 0 Å². The van der Waals surface area contributed by atoms with Crippen LogP contribution < -0.4 is 10.2 Å². The van der Waals surface area contributed by atoms with Crippen molar-refractivity contribution in [3.8, 4) is 5.75 Å². The number of hydrogen-bond donors (Lipinski definition) is 1. The number of amides is 1. The Bertz CT molecular complexity index is 1130. The maximum absolute atomic E-state index is 12.8. The quantitative estimate of drug-likeness (QED) is 0.292. The van der Waals surface area contributed by atoms with Crippen LogP contribution in [-0.4, -0.2) is 12.1 Å². The number of ether oxygens (including phenoxy) is 1. The van der Waals surface area contributed by atoms with Crippen molar-refractivity contribution in [3.05, 3.63) is 98.0 Å². The topological polar surface area (TPSA) is 50.7 Å². The Morgan fingerprint density at radius 3 is 2.28 bits per heavy atom. The molecule has 0 spiro atoms. The minimum Gasteiger partial charge on any atom is -0.486 e. The molecule has 10 heteroatoms. The lowest BCUT2D eigenvalue weighted by molar-refractivity contribution is -0.137. The predicted molar refractivity (Wildman–Crippen MR) is 119 cm³/mol. The minimum atomic E-state index is -4.55. The molecule has 0 bridgehead atoms. The van der Waals surface area contributed by atoms with Crippen LogP contribution in [0.15, 0.2) is 65.8 Å². The molecule has 0 aromatic heterocycles. The molecular weight excluding hydrogens is 488 g/mol. The highest BCUT2D eigenvalue weighted by Crippen LogP contribution is 2.34. The van der Waals surface area contributed by atoms with Gasteiger partial charge in [-0.1, -0.05) is 53.0 Å². The number of nitrogens with one attached hydrogen (secondary N) is 1. The Morgan fingerprint density at radius 2 is 1.66 bits per heavy atom. The first kappa shape index (κ1) is 23.9. The van der Waals surface area contributed by atoms with E-state index in [9.17, 15) is 18.0 Å². The summed E-state index contributed by atoms with van der Waals surface area (Å²) in [7, 11) is 0. The first-order valence-corrected chi connectivity index (χ1v) is 10.1. The molecule has 0 atom stereocenters. The molecule has 4 nitrogen and oxygen atoms in total. The normalized spacial score (nSPS) is 11.6. The summed E-state index contributed by atoms with van der Waals surface area (Å²) in [5.74, 6) is -0.527. The van der Waals surface area contributed by atoms with Crippen molar-refractivity contribution in [2.45, 2.75) is 12.8 Å². The van der Waals surface area contributed by atoms with Crippen molar-refractivity contribution >= 4 is 46.9 Å². The van der Waals surface area contributed by atoms with Crippen LogP contribution in [0.4, 0.5) is 13.2 Å². The molecule has 0 saturated heterocycles. The summed E-state index contributed by atoms with van der Waals surface area (Å²) < 4.78 is 44.0. The van der Waals surface area contributed by atoms with E-state index in [0.717, 1.165) is 23.8 Å². The maximum atomic E-state index is 12.8. The Kier molecular flexibility index (Phi) is 7.66. The monoisotopic (exact) mass is 500 g/mol. The van der Waals surface area contributed by atoms with Crippen LogP contribution in [0.1, 0.15) is 27.0 Å². The van der Waals surface area contributed by atoms with Gasteiger partial charge in [0, 0.05) is 10.6 Å². The molecule has 1 N–H and O–H groups in total. The van der Waals surface area contributed by atoms with Gasteiger partial charge in [0.15, 0.2) is 5.75 Å². The van der Waals surface area contributed by atoms with Crippen molar-refractivity contribution in [1.29, 1.82) is 0 Å². The van der Waals surface area contributed by atoms with E-state index in [-0.39, 0.29) is 28.0 Å². The van der Waals surface area contributed by atoms with E-state index in [1.165, 1.54) is 24.4 Å². The standard InChI is InChI=1S/C22H14Cl3F3N2O2/c23-17-6-4-13(5-7-17)12-32-20-18(24)8-14(9-19(20)25)11-29-30-21(31)15-2-1-3-16(10-15)22(26,27)28/h1-11H,12H2,(H,30,31)/b29-11-. The van der Waals surface area contributed by atoms with Gasteiger partial charge in [0.05, 0.1) is 21.8 Å². The van der Waals surface area contributed by atoms with E-state index in [1.807, 2.05) is 0 Å². The number of hydrogen-bond acceptors (Lipinski definition) is 3. The third kappa shape index (κ3) is 6.38. The lowest BCUT2D eigenvalue weighted by Gasteiger charge is -2.11. The van der Waals surface area contributed by atoms with Crippen LogP contribution in [0, 0.1) is 0 Å². The number of benzene rings is 3. The van der Waals surface area contributed by atoms with Gasteiger partial charge in [-0.3, -0.25) is 4.79 Å². The second kappa shape index (κ2) is 10.3. The zero-order chi connectivity index (χ0) is 23.3. The molecule has 0 aliphatic rings. The fraction of sp³-hybridized carbons (Fsp3) is 0.0909. The summed E-state index contributed by atoms with van der Waals surface area (Å²) in [6.45, 7) is 0.219. The number of rotatable bonds is 6. The molecule has 3 rings (SSSR count).